The zero-order valence-electron chi connectivity index (χ0n) is 14.4. The van der Waals surface area contributed by atoms with Crippen molar-refractivity contribution in [1.29, 1.82) is 0 Å². The van der Waals surface area contributed by atoms with E-state index in [4.69, 9.17) is 4.74 Å². The SMILES string of the molecule is COC(=O)C(C)(C)CNC(=O)c1nc(C(=O)N2CCC[C@@H]2C)cs1. The summed E-state index contributed by atoms with van der Waals surface area (Å²) >= 11 is 1.12. The fraction of sp³-hybridized carbons (Fsp3) is 0.625. The van der Waals surface area contributed by atoms with Gasteiger partial charge in [0.15, 0.2) is 5.01 Å². The molecule has 8 heteroatoms. The number of likely N-dealkylation sites (tertiary alicyclic amines) is 1. The van der Waals surface area contributed by atoms with Crippen molar-refractivity contribution in [3.8, 4) is 0 Å². The van der Waals surface area contributed by atoms with E-state index in [0.717, 1.165) is 30.7 Å². The maximum Gasteiger partial charge on any atom is 0.313 e. The minimum Gasteiger partial charge on any atom is -0.469 e. The molecule has 1 aliphatic rings. The van der Waals surface area contributed by atoms with Crippen molar-refractivity contribution in [3.05, 3.63) is 16.1 Å². The van der Waals surface area contributed by atoms with Gasteiger partial charge in [-0.2, -0.15) is 0 Å². The second-order valence-corrected chi connectivity index (χ2v) is 7.44. The number of nitrogens with zero attached hydrogens (tertiary/aromatic N) is 2. The molecule has 132 valence electrons. The highest BCUT2D eigenvalue weighted by molar-refractivity contribution is 7.11. The Hall–Kier alpha value is -1.96. The summed E-state index contributed by atoms with van der Waals surface area (Å²) < 4.78 is 4.70. The van der Waals surface area contributed by atoms with Gasteiger partial charge in [-0.15, -0.1) is 11.3 Å². The smallest absolute Gasteiger partial charge is 0.313 e. The number of esters is 1. The number of hydrogen-bond donors (Lipinski definition) is 1. The van der Waals surface area contributed by atoms with Crippen LogP contribution in [0.15, 0.2) is 5.38 Å². The molecule has 1 N–H and O–H groups in total. The summed E-state index contributed by atoms with van der Waals surface area (Å²) in [7, 11) is 1.31. The molecule has 0 radical (unpaired) electrons. The fourth-order valence-corrected chi connectivity index (χ4v) is 3.29. The monoisotopic (exact) mass is 353 g/mol. The van der Waals surface area contributed by atoms with Crippen molar-refractivity contribution in [2.24, 2.45) is 5.41 Å². The Morgan fingerprint density at radius 2 is 2.17 bits per heavy atom. The zero-order valence-corrected chi connectivity index (χ0v) is 15.2. The minimum absolute atomic E-state index is 0.129. The van der Waals surface area contributed by atoms with E-state index >= 15 is 0 Å². The molecule has 2 amide bonds. The quantitative estimate of drug-likeness (QED) is 0.814. The van der Waals surface area contributed by atoms with Gasteiger partial charge in [-0.25, -0.2) is 4.98 Å². The Labute approximate surface area is 145 Å². The van der Waals surface area contributed by atoms with E-state index in [1.54, 1.807) is 24.1 Å². The standard InChI is InChI=1S/C16H23N3O4S/c1-10-6-5-7-19(10)14(21)11-8-24-13(18-11)12(20)17-9-16(2,3)15(22)23-4/h8,10H,5-7,9H2,1-4H3,(H,17,20)/t10-/m0/s1. The maximum atomic E-state index is 12.4. The van der Waals surface area contributed by atoms with Gasteiger partial charge in [0.05, 0.1) is 12.5 Å². The third kappa shape index (κ3) is 3.92. The molecule has 0 aromatic carbocycles. The number of hydrogen-bond acceptors (Lipinski definition) is 6. The lowest BCUT2D eigenvalue weighted by atomic mass is 9.94. The van der Waals surface area contributed by atoms with Crippen molar-refractivity contribution >= 4 is 29.1 Å². The lowest BCUT2D eigenvalue weighted by molar-refractivity contribution is -0.150. The second kappa shape index (κ2) is 7.29. The molecule has 2 heterocycles. The Balaban J connectivity index is 1.98. The molecule has 1 aliphatic heterocycles. The topological polar surface area (TPSA) is 88.6 Å². The summed E-state index contributed by atoms with van der Waals surface area (Å²) in [5.41, 5.74) is -0.531. The molecule has 1 aromatic rings. The number of nitrogens with one attached hydrogen (secondary N) is 1. The molecule has 0 unspecified atom stereocenters. The van der Waals surface area contributed by atoms with Crippen molar-refractivity contribution in [2.75, 3.05) is 20.2 Å². The van der Waals surface area contributed by atoms with Gasteiger partial charge in [-0.1, -0.05) is 0 Å². The molecule has 0 spiro atoms. The molecule has 24 heavy (non-hydrogen) atoms. The first-order valence-corrected chi connectivity index (χ1v) is 8.77. The Bertz CT molecular complexity index is 641. The molecule has 2 rings (SSSR count). The molecule has 1 saturated heterocycles. The molecule has 7 nitrogen and oxygen atoms in total. The van der Waals surface area contributed by atoms with Gasteiger partial charge in [0.25, 0.3) is 11.8 Å². The summed E-state index contributed by atoms with van der Waals surface area (Å²) in [5, 5.41) is 4.49. The van der Waals surface area contributed by atoms with Crippen LogP contribution in [0.3, 0.4) is 0 Å². The summed E-state index contributed by atoms with van der Waals surface area (Å²) in [6, 6.07) is 0.206. The van der Waals surface area contributed by atoms with Crippen molar-refractivity contribution < 1.29 is 19.1 Å². The maximum absolute atomic E-state index is 12.4. The average molecular weight is 353 g/mol. The normalized spacial score (nSPS) is 17.7. The number of carbonyl (C=O) groups is 3. The molecular formula is C16H23N3O4S. The van der Waals surface area contributed by atoms with Gasteiger partial charge in [0, 0.05) is 24.5 Å². The van der Waals surface area contributed by atoms with Gasteiger partial charge in [-0.05, 0) is 33.6 Å². The third-order valence-electron chi connectivity index (χ3n) is 4.16. The number of amides is 2. The minimum atomic E-state index is -0.828. The van der Waals surface area contributed by atoms with Crippen LogP contribution in [-0.2, 0) is 9.53 Å². The number of aromatic nitrogens is 1. The van der Waals surface area contributed by atoms with Crippen LogP contribution >= 0.6 is 11.3 Å². The second-order valence-electron chi connectivity index (χ2n) is 6.59. The molecule has 0 bridgehead atoms. The first-order valence-electron chi connectivity index (χ1n) is 7.89. The van der Waals surface area contributed by atoms with E-state index in [2.05, 4.69) is 10.3 Å². The van der Waals surface area contributed by atoms with Crippen molar-refractivity contribution in [2.45, 2.75) is 39.7 Å². The summed E-state index contributed by atoms with van der Waals surface area (Å²) in [5.74, 6) is -0.934. The Morgan fingerprint density at radius 1 is 1.46 bits per heavy atom. The number of thiazole rings is 1. The number of rotatable bonds is 5. The van der Waals surface area contributed by atoms with Crippen LogP contribution in [0.4, 0.5) is 0 Å². The van der Waals surface area contributed by atoms with E-state index in [9.17, 15) is 14.4 Å². The average Bonchev–Trinajstić information content (AvgIpc) is 3.20. The molecule has 0 saturated carbocycles. The van der Waals surface area contributed by atoms with E-state index in [1.165, 1.54) is 7.11 Å². The third-order valence-corrected chi connectivity index (χ3v) is 5.00. The fourth-order valence-electron chi connectivity index (χ4n) is 2.58. The molecular weight excluding hydrogens is 330 g/mol. The number of ether oxygens (including phenoxy) is 1. The van der Waals surface area contributed by atoms with E-state index in [1.807, 2.05) is 6.92 Å². The summed E-state index contributed by atoms with van der Waals surface area (Å²) in [6.45, 7) is 6.24. The molecule has 1 aromatic heterocycles. The van der Waals surface area contributed by atoms with Crippen LogP contribution in [0.1, 0.15) is 53.9 Å². The molecule has 1 fully saturated rings. The number of methoxy groups -OCH3 is 1. The van der Waals surface area contributed by atoms with Gasteiger partial charge in [0.2, 0.25) is 0 Å². The van der Waals surface area contributed by atoms with Crippen LogP contribution < -0.4 is 5.32 Å². The first kappa shape index (κ1) is 18.4. The highest BCUT2D eigenvalue weighted by atomic mass is 32.1. The predicted molar refractivity (Wildman–Crippen MR) is 90.0 cm³/mol. The van der Waals surface area contributed by atoms with E-state index < -0.39 is 17.3 Å². The van der Waals surface area contributed by atoms with Gasteiger partial charge >= 0.3 is 5.97 Å². The van der Waals surface area contributed by atoms with Crippen LogP contribution in [0.2, 0.25) is 0 Å². The van der Waals surface area contributed by atoms with Crippen LogP contribution in [0.5, 0.6) is 0 Å². The number of carbonyl (C=O) groups excluding carboxylic acids is 3. The lowest BCUT2D eigenvalue weighted by Crippen LogP contribution is -2.39. The van der Waals surface area contributed by atoms with Crippen LogP contribution in [0, 0.1) is 5.41 Å². The largest absolute Gasteiger partial charge is 0.469 e. The van der Waals surface area contributed by atoms with Gasteiger partial charge < -0.3 is 15.0 Å². The van der Waals surface area contributed by atoms with Gasteiger partial charge in [-0.3, -0.25) is 14.4 Å². The van der Waals surface area contributed by atoms with Crippen LogP contribution in [-0.4, -0.2) is 53.9 Å². The zero-order chi connectivity index (χ0) is 17.9. The molecule has 1 atom stereocenters. The summed E-state index contributed by atoms with van der Waals surface area (Å²) in [6.07, 6.45) is 1.98. The Kier molecular flexibility index (Phi) is 5.58. The first-order chi connectivity index (χ1) is 11.3. The summed E-state index contributed by atoms with van der Waals surface area (Å²) in [4.78, 5) is 42.2. The molecule has 0 aliphatic carbocycles. The van der Waals surface area contributed by atoms with Gasteiger partial charge in [0.1, 0.15) is 5.69 Å². The van der Waals surface area contributed by atoms with E-state index in [0.29, 0.717) is 5.69 Å². The van der Waals surface area contributed by atoms with Crippen molar-refractivity contribution in [3.63, 3.8) is 0 Å². The predicted octanol–water partition coefficient (Wildman–Crippen LogP) is 1.70. The highest BCUT2D eigenvalue weighted by Crippen LogP contribution is 2.21. The highest BCUT2D eigenvalue weighted by Gasteiger charge is 2.31. The van der Waals surface area contributed by atoms with E-state index in [-0.39, 0.29) is 23.5 Å². The lowest BCUT2D eigenvalue weighted by Gasteiger charge is -2.21. The van der Waals surface area contributed by atoms with Crippen LogP contribution in [0.25, 0.3) is 0 Å². The Morgan fingerprint density at radius 3 is 2.75 bits per heavy atom. The van der Waals surface area contributed by atoms with Crippen molar-refractivity contribution in [1.82, 2.24) is 15.2 Å².